The van der Waals surface area contributed by atoms with Crippen LogP contribution >= 0.6 is 34.8 Å². The average Bonchev–Trinajstić information content (AvgIpc) is 2.65. The molecule has 4 nitrogen and oxygen atoms in total. The molecular weight excluding hydrogens is 423 g/mol. The van der Waals surface area contributed by atoms with Gasteiger partial charge in [0.1, 0.15) is 12.2 Å². The summed E-state index contributed by atoms with van der Waals surface area (Å²) >= 11 is 17.7. The molecule has 0 spiro atoms. The molecule has 0 fully saturated rings. The minimum Gasteiger partial charge on any atom is -0.478 e. The number of aliphatic hydroxyl groups is 2. The Morgan fingerprint density at radius 1 is 0.929 bits per heavy atom. The number of rotatable bonds is 3. The lowest BCUT2D eigenvalue weighted by Crippen LogP contribution is -2.34. The van der Waals surface area contributed by atoms with Crippen LogP contribution in [0.25, 0.3) is 11.1 Å². The fourth-order valence-corrected chi connectivity index (χ4v) is 3.29. The third-order valence-electron chi connectivity index (χ3n) is 4.22. The summed E-state index contributed by atoms with van der Waals surface area (Å²) in [6.45, 7) is 1.83. The maximum absolute atomic E-state index is 10.5. The van der Waals surface area contributed by atoms with E-state index in [0.29, 0.717) is 27.1 Å². The van der Waals surface area contributed by atoms with Gasteiger partial charge in [0, 0.05) is 20.6 Å². The zero-order chi connectivity index (χ0) is 20.8. The van der Waals surface area contributed by atoms with Crippen molar-refractivity contribution in [3.63, 3.8) is 0 Å². The average molecular weight is 442 g/mol. The zero-order valence-corrected chi connectivity index (χ0v) is 17.2. The van der Waals surface area contributed by atoms with Crippen molar-refractivity contribution >= 4 is 40.8 Å². The normalized spacial score (nSPS) is 18.5. The smallest absolute Gasteiger partial charge is 0.334 e. The van der Waals surface area contributed by atoms with Gasteiger partial charge in [0.2, 0.25) is 0 Å². The van der Waals surface area contributed by atoms with Crippen molar-refractivity contribution in [2.75, 3.05) is 0 Å². The fraction of sp³-hybridized carbons (Fsp3) is 0.190. The van der Waals surface area contributed by atoms with Gasteiger partial charge in [-0.3, -0.25) is 0 Å². The van der Waals surface area contributed by atoms with Crippen LogP contribution in [0.15, 0.2) is 65.8 Å². The van der Waals surface area contributed by atoms with Crippen LogP contribution in [0.5, 0.6) is 0 Å². The second kappa shape index (κ2) is 10.1. The molecule has 2 atom stereocenters. The van der Waals surface area contributed by atoms with Gasteiger partial charge in [-0.15, -0.1) is 0 Å². The first-order chi connectivity index (χ1) is 13.2. The summed E-state index contributed by atoms with van der Waals surface area (Å²) in [7, 11) is 0. The highest BCUT2D eigenvalue weighted by atomic mass is 35.5. The molecule has 3 N–H and O–H groups in total. The second-order valence-electron chi connectivity index (χ2n) is 6.04. The maximum Gasteiger partial charge on any atom is 0.334 e. The van der Waals surface area contributed by atoms with Crippen molar-refractivity contribution in [3.8, 4) is 11.1 Å². The number of benzene rings is 2. The predicted molar refractivity (Wildman–Crippen MR) is 113 cm³/mol. The molecule has 3 rings (SSSR count). The molecule has 7 heteroatoms. The summed E-state index contributed by atoms with van der Waals surface area (Å²) in [6.07, 6.45) is 1.08. The molecule has 0 radical (unpaired) electrons. The number of aliphatic hydroxyl groups excluding tert-OH is 2. The van der Waals surface area contributed by atoms with E-state index < -0.39 is 18.2 Å². The topological polar surface area (TPSA) is 77.8 Å². The molecule has 1 aliphatic carbocycles. The Morgan fingerprint density at radius 2 is 1.54 bits per heavy atom. The SMILES string of the molecule is CCC1=CC=C(C(=O)O)[C@H](O)[C@@H]1O.Clc1ccc(-c2ccc(Cl)cc2Cl)cc1. The summed E-state index contributed by atoms with van der Waals surface area (Å²) < 4.78 is 0. The number of hydrogen-bond acceptors (Lipinski definition) is 3. The molecule has 2 aromatic rings. The van der Waals surface area contributed by atoms with Crippen LogP contribution in [0.1, 0.15) is 13.3 Å². The van der Waals surface area contributed by atoms with Crippen molar-refractivity contribution in [1.82, 2.24) is 0 Å². The molecule has 28 heavy (non-hydrogen) atoms. The van der Waals surface area contributed by atoms with E-state index in [-0.39, 0.29) is 5.57 Å². The quantitative estimate of drug-likeness (QED) is 0.597. The Balaban J connectivity index is 0.000000203. The number of hydrogen-bond donors (Lipinski definition) is 3. The largest absolute Gasteiger partial charge is 0.478 e. The lowest BCUT2D eigenvalue weighted by atomic mass is 9.91. The van der Waals surface area contributed by atoms with Gasteiger partial charge < -0.3 is 15.3 Å². The third-order valence-corrected chi connectivity index (χ3v) is 5.02. The third kappa shape index (κ3) is 5.60. The Morgan fingerprint density at radius 3 is 2.07 bits per heavy atom. The molecule has 0 bridgehead atoms. The van der Waals surface area contributed by atoms with Gasteiger partial charge in [-0.1, -0.05) is 66.0 Å². The minimum atomic E-state index is -1.31. The molecule has 0 saturated carbocycles. The van der Waals surface area contributed by atoms with E-state index in [1.807, 2.05) is 43.3 Å². The monoisotopic (exact) mass is 440 g/mol. The summed E-state index contributed by atoms with van der Waals surface area (Å²) in [6, 6.07) is 13.0. The molecule has 0 heterocycles. The van der Waals surface area contributed by atoms with E-state index in [4.69, 9.17) is 39.9 Å². The number of carbonyl (C=O) groups is 1. The molecule has 0 amide bonds. The van der Waals surface area contributed by atoms with E-state index in [1.165, 1.54) is 6.08 Å². The van der Waals surface area contributed by atoms with Crippen LogP contribution in [0.4, 0.5) is 0 Å². The van der Waals surface area contributed by atoms with Gasteiger partial charge in [-0.05, 0) is 47.9 Å². The van der Waals surface area contributed by atoms with Gasteiger partial charge in [0.25, 0.3) is 0 Å². The zero-order valence-electron chi connectivity index (χ0n) is 14.9. The molecule has 148 valence electrons. The minimum absolute atomic E-state index is 0.162. The molecule has 2 aromatic carbocycles. The number of carboxylic acids is 1. The summed E-state index contributed by atoms with van der Waals surface area (Å²) in [5.41, 5.74) is 2.47. The first kappa shape index (κ1) is 22.5. The van der Waals surface area contributed by atoms with E-state index in [9.17, 15) is 15.0 Å². The molecule has 0 saturated heterocycles. The number of allylic oxidation sites excluding steroid dienone is 2. The van der Waals surface area contributed by atoms with Crippen molar-refractivity contribution in [1.29, 1.82) is 0 Å². The van der Waals surface area contributed by atoms with Gasteiger partial charge in [0.15, 0.2) is 0 Å². The Labute approximate surface area is 178 Å². The van der Waals surface area contributed by atoms with Crippen LogP contribution < -0.4 is 0 Å². The number of carboxylic acid groups (broad SMARTS) is 1. The van der Waals surface area contributed by atoms with Gasteiger partial charge in [0.05, 0.1) is 5.57 Å². The van der Waals surface area contributed by atoms with E-state index >= 15 is 0 Å². The standard InChI is InChI=1S/C12H7Cl3.C9H12O4/c13-9-3-1-8(2-4-9)11-6-5-10(14)7-12(11)15;1-2-5-3-4-6(9(12)13)8(11)7(5)10/h1-7H;3-4,7-8,10-11H,2H2,1H3,(H,12,13)/t;7-,8+/m.1/s1. The highest BCUT2D eigenvalue weighted by molar-refractivity contribution is 6.36. The van der Waals surface area contributed by atoms with Crippen LogP contribution in [-0.2, 0) is 4.79 Å². The van der Waals surface area contributed by atoms with E-state index in [2.05, 4.69) is 0 Å². The fourth-order valence-electron chi connectivity index (χ4n) is 2.64. The van der Waals surface area contributed by atoms with Gasteiger partial charge in [-0.25, -0.2) is 4.79 Å². The Bertz CT molecular complexity index is 904. The summed E-state index contributed by atoms with van der Waals surface area (Å²) in [5, 5.41) is 29.4. The molecule has 1 aliphatic rings. The van der Waals surface area contributed by atoms with Crippen molar-refractivity contribution in [2.45, 2.75) is 25.6 Å². The first-order valence-electron chi connectivity index (χ1n) is 8.45. The Hall–Kier alpha value is -1.82. The van der Waals surface area contributed by atoms with Crippen LogP contribution in [0.3, 0.4) is 0 Å². The number of aliphatic carboxylic acids is 1. The first-order valence-corrected chi connectivity index (χ1v) is 9.59. The summed E-state index contributed by atoms with van der Waals surface area (Å²) in [4.78, 5) is 10.5. The Kier molecular flexibility index (Phi) is 8.10. The van der Waals surface area contributed by atoms with Crippen molar-refractivity contribution < 1.29 is 20.1 Å². The summed E-state index contributed by atoms with van der Waals surface area (Å²) in [5.74, 6) is -1.20. The second-order valence-corrected chi connectivity index (χ2v) is 7.32. The van der Waals surface area contributed by atoms with Gasteiger partial charge >= 0.3 is 5.97 Å². The van der Waals surface area contributed by atoms with Crippen LogP contribution in [-0.4, -0.2) is 33.5 Å². The highest BCUT2D eigenvalue weighted by Gasteiger charge is 2.29. The highest BCUT2D eigenvalue weighted by Crippen LogP contribution is 2.30. The molecule has 0 aliphatic heterocycles. The maximum atomic E-state index is 10.5. The van der Waals surface area contributed by atoms with E-state index in [1.54, 1.807) is 12.1 Å². The molecule has 0 aromatic heterocycles. The van der Waals surface area contributed by atoms with Crippen molar-refractivity contribution in [3.05, 3.63) is 80.8 Å². The van der Waals surface area contributed by atoms with Gasteiger partial charge in [-0.2, -0.15) is 0 Å². The van der Waals surface area contributed by atoms with Crippen LogP contribution in [0, 0.1) is 0 Å². The lowest BCUT2D eigenvalue weighted by molar-refractivity contribution is -0.134. The molecule has 0 unspecified atom stereocenters. The van der Waals surface area contributed by atoms with Crippen molar-refractivity contribution in [2.24, 2.45) is 0 Å². The number of halogens is 3. The lowest BCUT2D eigenvalue weighted by Gasteiger charge is -2.23. The van der Waals surface area contributed by atoms with E-state index in [0.717, 1.165) is 11.1 Å². The molecular formula is C21H19Cl3O4. The predicted octanol–water partition coefficient (Wildman–Crippen LogP) is 5.38. The van der Waals surface area contributed by atoms with Crippen LogP contribution in [0.2, 0.25) is 15.1 Å².